The van der Waals surface area contributed by atoms with Crippen LogP contribution in [0.5, 0.6) is 11.5 Å². The number of aromatic amines is 1. The van der Waals surface area contributed by atoms with E-state index < -0.39 is 10.5 Å². The van der Waals surface area contributed by atoms with Crippen molar-refractivity contribution in [3.63, 3.8) is 0 Å². The van der Waals surface area contributed by atoms with Crippen LogP contribution in [0.4, 0.5) is 11.4 Å². The largest absolute Gasteiger partial charge is 0.454 e. The third kappa shape index (κ3) is 2.71. The second-order valence-corrected chi connectivity index (χ2v) is 5.42. The van der Waals surface area contributed by atoms with Gasteiger partial charge in [-0.1, -0.05) is 6.07 Å². The number of rotatable bonds is 4. The Morgan fingerprint density at radius 1 is 1.24 bits per heavy atom. The molecule has 0 spiro atoms. The molecule has 2 N–H and O–H groups in total. The Morgan fingerprint density at radius 2 is 2.08 bits per heavy atom. The fourth-order valence-corrected chi connectivity index (χ4v) is 2.64. The van der Waals surface area contributed by atoms with Gasteiger partial charge in [0.1, 0.15) is 5.69 Å². The van der Waals surface area contributed by atoms with Crippen LogP contribution in [-0.2, 0) is 6.54 Å². The van der Waals surface area contributed by atoms with Crippen molar-refractivity contribution in [1.29, 1.82) is 0 Å². The van der Waals surface area contributed by atoms with Gasteiger partial charge in [0.15, 0.2) is 11.5 Å². The molecule has 0 bridgehead atoms. The van der Waals surface area contributed by atoms with Crippen LogP contribution in [-0.4, -0.2) is 21.7 Å². The molecule has 0 aliphatic carbocycles. The zero-order valence-electron chi connectivity index (χ0n) is 12.8. The van der Waals surface area contributed by atoms with E-state index in [0.29, 0.717) is 23.6 Å². The minimum absolute atomic E-state index is 0.169. The Balaban J connectivity index is 1.67. The average molecular weight is 340 g/mol. The smallest absolute Gasteiger partial charge is 0.293 e. The summed E-state index contributed by atoms with van der Waals surface area (Å²) in [4.78, 5) is 29.0. The van der Waals surface area contributed by atoms with E-state index in [1.807, 2.05) is 12.1 Å². The fourth-order valence-electron chi connectivity index (χ4n) is 2.64. The van der Waals surface area contributed by atoms with Gasteiger partial charge in [0.05, 0.1) is 22.2 Å². The van der Waals surface area contributed by atoms with Gasteiger partial charge in [0.25, 0.3) is 11.2 Å². The van der Waals surface area contributed by atoms with Gasteiger partial charge in [0, 0.05) is 12.6 Å². The first-order valence-electron chi connectivity index (χ1n) is 7.40. The zero-order chi connectivity index (χ0) is 17.4. The maximum atomic E-state index is 11.8. The number of aromatic nitrogens is 2. The summed E-state index contributed by atoms with van der Waals surface area (Å²) < 4.78 is 10.6. The number of anilines is 1. The first-order chi connectivity index (χ1) is 12.1. The van der Waals surface area contributed by atoms with Gasteiger partial charge in [-0.2, -0.15) is 0 Å². The van der Waals surface area contributed by atoms with Crippen LogP contribution < -0.4 is 20.3 Å². The third-order valence-corrected chi connectivity index (χ3v) is 3.87. The highest BCUT2D eigenvalue weighted by Gasteiger charge is 2.18. The Hall–Kier alpha value is -3.62. The highest BCUT2D eigenvalue weighted by molar-refractivity contribution is 5.86. The van der Waals surface area contributed by atoms with Crippen LogP contribution in [0.2, 0.25) is 0 Å². The van der Waals surface area contributed by atoms with Crippen LogP contribution in [0.1, 0.15) is 5.56 Å². The first-order valence-corrected chi connectivity index (χ1v) is 7.40. The number of nitro groups is 1. The van der Waals surface area contributed by atoms with Crippen molar-refractivity contribution in [3.8, 4) is 11.5 Å². The Bertz CT molecular complexity index is 1050. The predicted molar refractivity (Wildman–Crippen MR) is 88.9 cm³/mol. The molecule has 2 aromatic carbocycles. The minimum Gasteiger partial charge on any atom is -0.454 e. The highest BCUT2D eigenvalue weighted by Crippen LogP contribution is 2.33. The lowest BCUT2D eigenvalue weighted by atomic mass is 10.1. The minimum atomic E-state index is -0.534. The first kappa shape index (κ1) is 14.9. The molecule has 4 rings (SSSR count). The predicted octanol–water partition coefficient (Wildman–Crippen LogP) is 2.17. The molecular weight excluding hydrogens is 328 g/mol. The van der Waals surface area contributed by atoms with E-state index in [4.69, 9.17) is 9.47 Å². The number of H-pyrrole nitrogens is 1. The van der Waals surface area contributed by atoms with Gasteiger partial charge >= 0.3 is 0 Å². The van der Waals surface area contributed by atoms with E-state index in [2.05, 4.69) is 15.3 Å². The zero-order valence-corrected chi connectivity index (χ0v) is 12.8. The number of hydrogen-bond donors (Lipinski definition) is 2. The van der Waals surface area contributed by atoms with Gasteiger partial charge in [-0.25, -0.2) is 4.98 Å². The number of ether oxygens (including phenoxy) is 2. The molecule has 126 valence electrons. The molecule has 0 unspecified atom stereocenters. The highest BCUT2D eigenvalue weighted by atomic mass is 16.7. The molecule has 2 heterocycles. The number of benzene rings is 2. The molecule has 1 aliphatic heterocycles. The summed E-state index contributed by atoms with van der Waals surface area (Å²) in [7, 11) is 0. The summed E-state index contributed by atoms with van der Waals surface area (Å²) in [6.45, 7) is 0.523. The summed E-state index contributed by atoms with van der Waals surface area (Å²) in [5, 5.41) is 14.5. The van der Waals surface area contributed by atoms with Crippen LogP contribution in [0.15, 0.2) is 41.5 Å². The van der Waals surface area contributed by atoms with Gasteiger partial charge < -0.3 is 19.8 Å². The number of hydrogen-bond acceptors (Lipinski definition) is 7. The van der Waals surface area contributed by atoms with Crippen molar-refractivity contribution in [1.82, 2.24) is 9.97 Å². The molecule has 9 nitrogen and oxygen atoms in total. The van der Waals surface area contributed by atoms with Crippen LogP contribution in [0.25, 0.3) is 10.9 Å². The lowest BCUT2D eigenvalue weighted by Gasteiger charge is -2.09. The molecule has 25 heavy (non-hydrogen) atoms. The molecule has 0 radical (unpaired) electrons. The van der Waals surface area contributed by atoms with Crippen molar-refractivity contribution in [3.05, 3.63) is 62.7 Å². The molecule has 1 aliphatic rings. The second kappa shape index (κ2) is 5.78. The number of fused-ring (bicyclic) bond motifs is 2. The molecule has 0 fully saturated rings. The Morgan fingerprint density at radius 3 is 2.92 bits per heavy atom. The van der Waals surface area contributed by atoms with E-state index in [1.165, 1.54) is 18.5 Å². The fraction of sp³-hybridized carbons (Fsp3) is 0.125. The molecule has 0 saturated carbocycles. The number of nitrogens with one attached hydrogen (secondary N) is 2. The van der Waals surface area contributed by atoms with E-state index in [-0.39, 0.29) is 23.6 Å². The summed E-state index contributed by atoms with van der Waals surface area (Å²) in [5.74, 6) is 1.31. The second-order valence-electron chi connectivity index (χ2n) is 5.42. The molecule has 3 aromatic rings. The van der Waals surface area contributed by atoms with E-state index in [9.17, 15) is 14.9 Å². The molecule has 9 heteroatoms. The maximum Gasteiger partial charge on any atom is 0.293 e. The van der Waals surface area contributed by atoms with Gasteiger partial charge in [-0.15, -0.1) is 0 Å². The summed E-state index contributed by atoms with van der Waals surface area (Å²) in [6.07, 6.45) is 1.26. The van der Waals surface area contributed by atoms with Crippen molar-refractivity contribution in [2.75, 3.05) is 12.1 Å². The van der Waals surface area contributed by atoms with Crippen LogP contribution in [0.3, 0.4) is 0 Å². The number of nitrogens with zero attached hydrogens (tertiary/aromatic N) is 2. The lowest BCUT2D eigenvalue weighted by molar-refractivity contribution is -0.383. The maximum absolute atomic E-state index is 11.8. The van der Waals surface area contributed by atoms with Crippen LogP contribution >= 0.6 is 0 Å². The molecule has 0 atom stereocenters. The Kier molecular flexibility index (Phi) is 3.46. The van der Waals surface area contributed by atoms with Crippen molar-refractivity contribution < 1.29 is 14.4 Å². The lowest BCUT2D eigenvalue weighted by Crippen LogP contribution is -2.09. The van der Waals surface area contributed by atoms with Gasteiger partial charge in [-0.3, -0.25) is 14.9 Å². The SMILES string of the molecule is O=c1[nH]cnc2cc(NCc3ccc4c(c3)OCO4)c([N+](=O)[O-])cc12. The summed E-state index contributed by atoms with van der Waals surface area (Å²) in [5.41, 5.74) is 0.926. The molecule has 0 amide bonds. The molecular formula is C16H12N4O5. The van der Waals surface area contributed by atoms with Crippen molar-refractivity contribution in [2.24, 2.45) is 0 Å². The van der Waals surface area contributed by atoms with E-state index in [0.717, 1.165) is 5.56 Å². The normalized spacial score (nSPS) is 12.3. The van der Waals surface area contributed by atoms with Crippen molar-refractivity contribution in [2.45, 2.75) is 6.54 Å². The summed E-state index contributed by atoms with van der Waals surface area (Å²) >= 11 is 0. The molecule has 0 saturated heterocycles. The van der Waals surface area contributed by atoms with E-state index in [1.54, 1.807) is 6.07 Å². The monoisotopic (exact) mass is 340 g/mol. The average Bonchev–Trinajstić information content (AvgIpc) is 3.07. The van der Waals surface area contributed by atoms with Gasteiger partial charge in [-0.05, 0) is 23.8 Å². The topological polar surface area (TPSA) is 119 Å². The third-order valence-electron chi connectivity index (χ3n) is 3.87. The standard InChI is InChI=1S/C16H12N4O5/c21-16-10-4-13(20(22)23)12(5-11(10)18-7-19-16)17-6-9-1-2-14-15(3-9)25-8-24-14/h1-5,7,17H,6,8H2,(H,18,19,21). The van der Waals surface area contributed by atoms with Gasteiger partial charge in [0.2, 0.25) is 6.79 Å². The Labute approximate surface area is 140 Å². The van der Waals surface area contributed by atoms with Crippen molar-refractivity contribution >= 4 is 22.3 Å². The van der Waals surface area contributed by atoms with Crippen LogP contribution in [0, 0.1) is 10.1 Å². The molecule has 1 aromatic heterocycles. The quantitative estimate of drug-likeness (QED) is 0.551. The van der Waals surface area contributed by atoms with E-state index >= 15 is 0 Å². The summed E-state index contributed by atoms with van der Waals surface area (Å²) in [6, 6.07) is 8.16. The number of nitro benzene ring substituents is 1.